The van der Waals surface area contributed by atoms with Crippen molar-refractivity contribution in [3.05, 3.63) is 24.3 Å². The predicted octanol–water partition coefficient (Wildman–Crippen LogP) is 2.28. The summed E-state index contributed by atoms with van der Waals surface area (Å²) in [7, 11) is 1.68. The summed E-state index contributed by atoms with van der Waals surface area (Å²) in [5, 5.41) is 0. The maximum absolute atomic E-state index is 5.73. The third-order valence-corrected chi connectivity index (χ3v) is 4.09. The molecular weight excluding hydrogens is 194 g/mol. The Morgan fingerprint density at radius 1 is 1.36 bits per heavy atom. The van der Waals surface area contributed by atoms with E-state index in [1.54, 1.807) is 7.11 Å². The van der Waals surface area contributed by atoms with Crippen molar-refractivity contribution in [3.63, 3.8) is 0 Å². The standard InChI is InChI=1S/C11H15NOS/c1-13-9-2-4-10(5-3-9)14-11(8-12)6-7-11/h2-5H,6-8,12H2,1H3. The Bertz CT molecular complexity index is 306. The number of thioether (sulfide) groups is 1. The molecule has 3 heteroatoms. The van der Waals surface area contributed by atoms with E-state index in [0.717, 1.165) is 12.3 Å². The van der Waals surface area contributed by atoms with E-state index in [-0.39, 0.29) is 0 Å². The number of benzene rings is 1. The molecular formula is C11H15NOS. The second-order valence-electron chi connectivity index (χ2n) is 3.66. The molecule has 2 rings (SSSR count). The molecule has 1 aromatic carbocycles. The molecule has 0 aliphatic heterocycles. The van der Waals surface area contributed by atoms with Crippen LogP contribution in [0.1, 0.15) is 12.8 Å². The molecule has 0 saturated heterocycles. The summed E-state index contributed by atoms with van der Waals surface area (Å²) in [4.78, 5) is 1.29. The van der Waals surface area contributed by atoms with Crippen molar-refractivity contribution in [2.24, 2.45) is 5.73 Å². The third kappa shape index (κ3) is 2.04. The first-order chi connectivity index (χ1) is 6.78. The van der Waals surface area contributed by atoms with Crippen LogP contribution in [0.2, 0.25) is 0 Å². The SMILES string of the molecule is COc1ccc(SC2(CN)CC2)cc1. The van der Waals surface area contributed by atoms with Crippen molar-refractivity contribution in [1.29, 1.82) is 0 Å². The van der Waals surface area contributed by atoms with Crippen LogP contribution < -0.4 is 10.5 Å². The van der Waals surface area contributed by atoms with Gasteiger partial charge in [0.15, 0.2) is 0 Å². The van der Waals surface area contributed by atoms with Crippen molar-refractivity contribution in [3.8, 4) is 5.75 Å². The Balaban J connectivity index is 2.03. The zero-order chi connectivity index (χ0) is 10.0. The molecule has 2 N–H and O–H groups in total. The molecule has 1 aliphatic rings. The molecule has 0 spiro atoms. The summed E-state index contributed by atoms with van der Waals surface area (Å²) in [6, 6.07) is 8.18. The van der Waals surface area contributed by atoms with Gasteiger partial charge in [-0.25, -0.2) is 0 Å². The molecule has 0 heterocycles. The fraction of sp³-hybridized carbons (Fsp3) is 0.455. The van der Waals surface area contributed by atoms with Gasteiger partial charge in [-0.05, 0) is 37.1 Å². The number of hydrogen-bond donors (Lipinski definition) is 1. The number of methoxy groups -OCH3 is 1. The summed E-state index contributed by atoms with van der Waals surface area (Å²) in [6.45, 7) is 0.781. The van der Waals surface area contributed by atoms with Gasteiger partial charge in [0.1, 0.15) is 5.75 Å². The van der Waals surface area contributed by atoms with Crippen LogP contribution in [0.15, 0.2) is 29.2 Å². The molecule has 1 aromatic rings. The van der Waals surface area contributed by atoms with E-state index in [9.17, 15) is 0 Å². The average Bonchev–Trinajstić information content (AvgIpc) is 3.00. The maximum atomic E-state index is 5.73. The predicted molar refractivity (Wildman–Crippen MR) is 59.9 cm³/mol. The van der Waals surface area contributed by atoms with Crippen LogP contribution in [-0.4, -0.2) is 18.4 Å². The molecule has 0 atom stereocenters. The first-order valence-electron chi connectivity index (χ1n) is 4.81. The van der Waals surface area contributed by atoms with E-state index < -0.39 is 0 Å². The van der Waals surface area contributed by atoms with Crippen molar-refractivity contribution < 1.29 is 4.74 Å². The van der Waals surface area contributed by atoms with Gasteiger partial charge in [0.2, 0.25) is 0 Å². The number of ether oxygens (including phenoxy) is 1. The van der Waals surface area contributed by atoms with Gasteiger partial charge < -0.3 is 10.5 Å². The van der Waals surface area contributed by atoms with E-state index >= 15 is 0 Å². The minimum absolute atomic E-state index is 0.342. The van der Waals surface area contributed by atoms with Crippen molar-refractivity contribution in [1.82, 2.24) is 0 Å². The van der Waals surface area contributed by atoms with Crippen LogP contribution in [0, 0.1) is 0 Å². The zero-order valence-corrected chi connectivity index (χ0v) is 9.14. The van der Waals surface area contributed by atoms with Crippen molar-refractivity contribution >= 4 is 11.8 Å². The molecule has 1 fully saturated rings. The van der Waals surface area contributed by atoms with Crippen LogP contribution in [0.5, 0.6) is 5.75 Å². The van der Waals surface area contributed by atoms with Crippen LogP contribution in [0.25, 0.3) is 0 Å². The Morgan fingerprint density at radius 2 is 2.00 bits per heavy atom. The minimum Gasteiger partial charge on any atom is -0.497 e. The van der Waals surface area contributed by atoms with Gasteiger partial charge in [-0.2, -0.15) is 0 Å². The van der Waals surface area contributed by atoms with Crippen molar-refractivity contribution in [2.45, 2.75) is 22.5 Å². The molecule has 0 unspecified atom stereocenters. The molecule has 14 heavy (non-hydrogen) atoms. The lowest BCUT2D eigenvalue weighted by Gasteiger charge is -2.11. The Kier molecular flexibility index (Phi) is 2.70. The highest BCUT2D eigenvalue weighted by Crippen LogP contribution is 2.50. The Morgan fingerprint density at radius 3 is 2.43 bits per heavy atom. The van der Waals surface area contributed by atoms with E-state index in [1.807, 2.05) is 23.9 Å². The van der Waals surface area contributed by atoms with E-state index in [1.165, 1.54) is 17.7 Å². The smallest absolute Gasteiger partial charge is 0.118 e. The van der Waals surface area contributed by atoms with Gasteiger partial charge in [0.25, 0.3) is 0 Å². The molecule has 1 aliphatic carbocycles. The maximum Gasteiger partial charge on any atom is 0.118 e. The minimum atomic E-state index is 0.342. The molecule has 2 nitrogen and oxygen atoms in total. The van der Waals surface area contributed by atoms with Crippen LogP contribution in [0.3, 0.4) is 0 Å². The fourth-order valence-electron chi connectivity index (χ4n) is 1.38. The highest BCUT2D eigenvalue weighted by Gasteiger charge is 2.42. The topological polar surface area (TPSA) is 35.2 Å². The van der Waals surface area contributed by atoms with Crippen LogP contribution in [0.4, 0.5) is 0 Å². The Hall–Kier alpha value is -0.670. The molecule has 0 bridgehead atoms. The van der Waals surface area contributed by atoms with Gasteiger partial charge in [-0.15, -0.1) is 11.8 Å². The zero-order valence-electron chi connectivity index (χ0n) is 8.32. The highest BCUT2D eigenvalue weighted by molar-refractivity contribution is 8.01. The quantitative estimate of drug-likeness (QED) is 0.826. The fourth-order valence-corrected chi connectivity index (χ4v) is 2.54. The van der Waals surface area contributed by atoms with E-state index in [2.05, 4.69) is 12.1 Å². The van der Waals surface area contributed by atoms with E-state index in [4.69, 9.17) is 10.5 Å². The second kappa shape index (κ2) is 3.83. The van der Waals surface area contributed by atoms with Gasteiger partial charge in [-0.3, -0.25) is 0 Å². The molecule has 0 amide bonds. The molecule has 0 radical (unpaired) electrons. The van der Waals surface area contributed by atoms with Crippen LogP contribution >= 0.6 is 11.8 Å². The monoisotopic (exact) mass is 209 g/mol. The molecule has 76 valence electrons. The summed E-state index contributed by atoms with van der Waals surface area (Å²) < 4.78 is 5.45. The Labute approximate surface area is 88.8 Å². The normalized spacial score (nSPS) is 17.9. The summed E-state index contributed by atoms with van der Waals surface area (Å²) >= 11 is 1.90. The number of rotatable bonds is 4. The lowest BCUT2D eigenvalue weighted by Crippen LogP contribution is -2.17. The first kappa shape index (κ1) is 9.87. The van der Waals surface area contributed by atoms with Crippen LogP contribution in [-0.2, 0) is 0 Å². The summed E-state index contributed by atoms with van der Waals surface area (Å²) in [5.41, 5.74) is 5.73. The second-order valence-corrected chi connectivity index (χ2v) is 5.21. The average molecular weight is 209 g/mol. The molecule has 0 aromatic heterocycles. The summed E-state index contributed by atoms with van der Waals surface area (Å²) in [5.74, 6) is 0.909. The largest absolute Gasteiger partial charge is 0.497 e. The molecule has 1 saturated carbocycles. The number of nitrogens with two attached hydrogens (primary N) is 1. The third-order valence-electron chi connectivity index (χ3n) is 2.57. The van der Waals surface area contributed by atoms with Gasteiger partial charge in [0.05, 0.1) is 7.11 Å². The van der Waals surface area contributed by atoms with E-state index in [0.29, 0.717) is 4.75 Å². The highest BCUT2D eigenvalue weighted by atomic mass is 32.2. The van der Waals surface area contributed by atoms with Crippen molar-refractivity contribution in [2.75, 3.05) is 13.7 Å². The number of hydrogen-bond acceptors (Lipinski definition) is 3. The van der Waals surface area contributed by atoms with Gasteiger partial charge in [0, 0.05) is 16.2 Å². The lowest BCUT2D eigenvalue weighted by molar-refractivity contribution is 0.414. The lowest BCUT2D eigenvalue weighted by atomic mass is 10.3. The first-order valence-corrected chi connectivity index (χ1v) is 5.63. The van der Waals surface area contributed by atoms with Gasteiger partial charge >= 0.3 is 0 Å². The summed E-state index contributed by atoms with van der Waals surface area (Å²) in [6.07, 6.45) is 2.50. The van der Waals surface area contributed by atoms with Gasteiger partial charge in [-0.1, -0.05) is 0 Å².